The second kappa shape index (κ2) is 4.76. The van der Waals surface area contributed by atoms with Crippen LogP contribution in [0, 0.1) is 0 Å². The summed E-state index contributed by atoms with van der Waals surface area (Å²) < 4.78 is 0.827. The van der Waals surface area contributed by atoms with Crippen molar-refractivity contribution in [3.63, 3.8) is 0 Å². The lowest BCUT2D eigenvalue weighted by atomic mass is 10.3. The molecular formula is C9H15BrN4S. The molecule has 2 rings (SSSR count). The molecule has 0 amide bonds. The largest absolute Gasteiger partial charge is 0.358 e. The number of nitrogens with one attached hydrogen (secondary N) is 1. The summed E-state index contributed by atoms with van der Waals surface area (Å²) in [5.74, 6) is 0. The summed E-state index contributed by atoms with van der Waals surface area (Å²) in [6, 6.07) is 1.35. The molecular weight excluding hydrogens is 276 g/mol. The van der Waals surface area contributed by atoms with E-state index in [1.807, 2.05) is 0 Å². The average Bonchev–Trinajstić information content (AvgIpc) is 2.98. The number of hydrogen-bond acceptors (Lipinski definition) is 5. The summed E-state index contributed by atoms with van der Waals surface area (Å²) in [6.45, 7) is 3.16. The Kier molecular flexibility index (Phi) is 3.58. The summed E-state index contributed by atoms with van der Waals surface area (Å²) in [6.07, 6.45) is 2.70. The molecule has 1 aromatic rings. The molecule has 1 heterocycles. The molecule has 1 aromatic heterocycles. The van der Waals surface area contributed by atoms with Crippen LogP contribution in [0.5, 0.6) is 0 Å². The summed E-state index contributed by atoms with van der Waals surface area (Å²) in [4.78, 5) is 2.43. The Bertz CT molecular complexity index is 326. The zero-order valence-electron chi connectivity index (χ0n) is 8.90. The van der Waals surface area contributed by atoms with Gasteiger partial charge < -0.3 is 5.32 Å². The van der Waals surface area contributed by atoms with Crippen molar-refractivity contribution < 1.29 is 0 Å². The van der Waals surface area contributed by atoms with E-state index in [1.54, 1.807) is 0 Å². The highest BCUT2D eigenvalue weighted by Gasteiger charge is 2.28. The van der Waals surface area contributed by atoms with Crippen molar-refractivity contribution in [1.29, 1.82) is 0 Å². The monoisotopic (exact) mass is 290 g/mol. The van der Waals surface area contributed by atoms with E-state index in [9.17, 15) is 0 Å². The number of anilines is 1. The van der Waals surface area contributed by atoms with Crippen molar-refractivity contribution in [2.24, 2.45) is 0 Å². The van der Waals surface area contributed by atoms with Gasteiger partial charge in [0, 0.05) is 18.6 Å². The van der Waals surface area contributed by atoms with Gasteiger partial charge in [0.25, 0.3) is 0 Å². The van der Waals surface area contributed by atoms with Crippen LogP contribution in [0.3, 0.4) is 0 Å². The zero-order chi connectivity index (χ0) is 10.8. The first-order valence-corrected chi connectivity index (χ1v) is 6.72. The number of likely N-dealkylation sites (N-methyl/N-ethyl adjacent to an activating group) is 1. The zero-order valence-corrected chi connectivity index (χ0v) is 11.3. The van der Waals surface area contributed by atoms with Crippen LogP contribution >= 0.6 is 27.3 Å². The average molecular weight is 291 g/mol. The van der Waals surface area contributed by atoms with Gasteiger partial charge in [0.2, 0.25) is 5.13 Å². The van der Waals surface area contributed by atoms with Crippen LogP contribution in [-0.2, 0) is 0 Å². The highest BCUT2D eigenvalue weighted by atomic mass is 79.9. The van der Waals surface area contributed by atoms with Gasteiger partial charge in [-0.15, -0.1) is 10.2 Å². The predicted molar refractivity (Wildman–Crippen MR) is 66.3 cm³/mol. The van der Waals surface area contributed by atoms with Crippen LogP contribution in [0.2, 0.25) is 0 Å². The highest BCUT2D eigenvalue weighted by molar-refractivity contribution is 9.11. The van der Waals surface area contributed by atoms with E-state index in [2.05, 4.69) is 50.3 Å². The van der Waals surface area contributed by atoms with Gasteiger partial charge in [-0.1, -0.05) is 11.3 Å². The van der Waals surface area contributed by atoms with Gasteiger partial charge in [-0.3, -0.25) is 4.90 Å². The molecule has 0 bridgehead atoms. The van der Waals surface area contributed by atoms with Crippen LogP contribution < -0.4 is 5.32 Å². The van der Waals surface area contributed by atoms with Crippen molar-refractivity contribution in [3.05, 3.63) is 3.92 Å². The lowest BCUT2D eigenvalue weighted by Gasteiger charge is -2.24. The molecule has 0 saturated heterocycles. The van der Waals surface area contributed by atoms with Crippen molar-refractivity contribution in [2.45, 2.75) is 31.8 Å². The molecule has 0 radical (unpaired) electrons. The maximum Gasteiger partial charge on any atom is 0.206 e. The van der Waals surface area contributed by atoms with Crippen LogP contribution in [0.4, 0.5) is 5.13 Å². The van der Waals surface area contributed by atoms with E-state index < -0.39 is 0 Å². The van der Waals surface area contributed by atoms with Crippen molar-refractivity contribution in [1.82, 2.24) is 15.1 Å². The molecule has 15 heavy (non-hydrogen) atoms. The molecule has 1 unspecified atom stereocenters. The smallest absolute Gasteiger partial charge is 0.206 e. The van der Waals surface area contributed by atoms with Gasteiger partial charge in [-0.25, -0.2) is 0 Å². The van der Waals surface area contributed by atoms with E-state index in [1.165, 1.54) is 24.2 Å². The summed E-state index contributed by atoms with van der Waals surface area (Å²) in [5.41, 5.74) is 0. The third kappa shape index (κ3) is 3.12. The topological polar surface area (TPSA) is 41.1 Å². The van der Waals surface area contributed by atoms with Crippen molar-refractivity contribution in [3.8, 4) is 0 Å². The molecule has 1 aliphatic rings. The van der Waals surface area contributed by atoms with E-state index >= 15 is 0 Å². The lowest BCUT2D eigenvalue weighted by Crippen LogP contribution is -2.36. The van der Waals surface area contributed by atoms with Gasteiger partial charge in [-0.2, -0.15) is 0 Å². The normalized spacial score (nSPS) is 18.1. The molecule has 4 nitrogen and oxygen atoms in total. The molecule has 1 aliphatic carbocycles. The second-order valence-electron chi connectivity index (χ2n) is 3.99. The maximum absolute atomic E-state index is 4.00. The minimum absolute atomic E-state index is 0.542. The fraction of sp³-hybridized carbons (Fsp3) is 0.778. The Morgan fingerprint density at radius 3 is 2.87 bits per heavy atom. The van der Waals surface area contributed by atoms with Gasteiger partial charge in [0.15, 0.2) is 3.92 Å². The Morgan fingerprint density at radius 1 is 1.60 bits per heavy atom. The number of halogens is 1. The molecule has 0 spiro atoms. The third-order valence-corrected chi connectivity index (χ3v) is 4.08. The molecule has 84 valence electrons. The fourth-order valence-corrected chi connectivity index (χ4v) is 2.52. The van der Waals surface area contributed by atoms with Gasteiger partial charge in [0.05, 0.1) is 0 Å². The van der Waals surface area contributed by atoms with Crippen LogP contribution in [0.1, 0.15) is 19.8 Å². The molecule has 1 saturated carbocycles. The Hall–Kier alpha value is -0.200. The maximum atomic E-state index is 4.00. The van der Waals surface area contributed by atoms with E-state index in [4.69, 9.17) is 0 Å². The quantitative estimate of drug-likeness (QED) is 0.903. The minimum atomic E-state index is 0.542. The summed E-state index contributed by atoms with van der Waals surface area (Å²) >= 11 is 4.83. The molecule has 0 aliphatic heterocycles. The molecule has 1 fully saturated rings. The number of rotatable bonds is 5. The number of nitrogens with zero attached hydrogens (tertiary/aromatic N) is 3. The van der Waals surface area contributed by atoms with Crippen molar-refractivity contribution >= 4 is 32.4 Å². The second-order valence-corrected chi connectivity index (χ2v) is 6.24. The first kappa shape index (κ1) is 11.3. The van der Waals surface area contributed by atoms with Crippen molar-refractivity contribution in [2.75, 3.05) is 18.9 Å². The molecule has 6 heteroatoms. The lowest BCUT2D eigenvalue weighted by molar-refractivity contribution is 0.257. The summed E-state index contributed by atoms with van der Waals surface area (Å²) in [7, 11) is 2.19. The molecule has 1 N–H and O–H groups in total. The van der Waals surface area contributed by atoms with Gasteiger partial charge in [0.1, 0.15) is 0 Å². The number of hydrogen-bond donors (Lipinski definition) is 1. The first-order valence-electron chi connectivity index (χ1n) is 5.11. The summed E-state index contributed by atoms with van der Waals surface area (Å²) in [5, 5.41) is 12.1. The van der Waals surface area contributed by atoms with E-state index in [0.29, 0.717) is 6.04 Å². The van der Waals surface area contributed by atoms with E-state index in [-0.39, 0.29) is 0 Å². The SMILES string of the molecule is CC(CNc1nnc(Br)s1)N(C)C1CC1. The third-order valence-electron chi connectivity index (χ3n) is 2.77. The van der Waals surface area contributed by atoms with Gasteiger partial charge >= 0.3 is 0 Å². The first-order chi connectivity index (χ1) is 7.16. The number of aromatic nitrogens is 2. The highest BCUT2D eigenvalue weighted by Crippen LogP contribution is 2.27. The standard InChI is InChI=1S/C9H15BrN4S/c1-6(14(2)7-3-4-7)5-11-9-13-12-8(10)15-9/h6-7H,3-5H2,1-2H3,(H,11,13). The van der Waals surface area contributed by atoms with Crippen LogP contribution in [-0.4, -0.2) is 40.8 Å². The van der Waals surface area contributed by atoms with Crippen LogP contribution in [0.25, 0.3) is 0 Å². The predicted octanol–water partition coefficient (Wildman–Crippen LogP) is 2.20. The van der Waals surface area contributed by atoms with Gasteiger partial charge in [-0.05, 0) is 42.7 Å². The Labute approximate surface area is 102 Å². The Balaban J connectivity index is 1.77. The minimum Gasteiger partial charge on any atom is -0.358 e. The molecule has 1 atom stereocenters. The fourth-order valence-electron chi connectivity index (χ4n) is 1.50. The van der Waals surface area contributed by atoms with Crippen LogP contribution in [0.15, 0.2) is 3.92 Å². The molecule has 0 aromatic carbocycles. The van der Waals surface area contributed by atoms with E-state index in [0.717, 1.165) is 21.6 Å². The Morgan fingerprint density at radius 2 is 2.33 bits per heavy atom.